The van der Waals surface area contributed by atoms with Crippen LogP contribution in [0.15, 0.2) is 53.7 Å². The third kappa shape index (κ3) is 3.99. The van der Waals surface area contributed by atoms with Crippen molar-refractivity contribution < 1.29 is 9.53 Å². The van der Waals surface area contributed by atoms with Gasteiger partial charge in [0.2, 0.25) is 5.91 Å². The van der Waals surface area contributed by atoms with Crippen molar-refractivity contribution in [2.24, 2.45) is 11.8 Å². The number of nitrogens with one attached hydrogen (secondary N) is 1. The normalized spacial score (nSPS) is 16.3. The molecule has 150 valence electrons. The lowest BCUT2D eigenvalue weighted by atomic mass is 10.1. The first kappa shape index (κ1) is 18.6. The molecular weight excluding hydrogens is 382 g/mol. The molecule has 5 rings (SSSR count). The minimum Gasteiger partial charge on any atom is -0.497 e. The number of rotatable bonds is 8. The highest BCUT2D eigenvalue weighted by atomic mass is 32.2. The number of aromatic nitrogens is 2. The Morgan fingerprint density at radius 2 is 1.83 bits per heavy atom. The first-order chi connectivity index (χ1) is 14.2. The Morgan fingerprint density at radius 1 is 1.14 bits per heavy atom. The molecule has 1 aromatic heterocycles. The van der Waals surface area contributed by atoms with Crippen LogP contribution >= 0.6 is 11.8 Å². The van der Waals surface area contributed by atoms with E-state index in [1.54, 1.807) is 7.11 Å². The van der Waals surface area contributed by atoms with Gasteiger partial charge in [-0.1, -0.05) is 23.9 Å². The van der Waals surface area contributed by atoms with Crippen LogP contribution in [-0.2, 0) is 4.79 Å². The number of carbonyl (C=O) groups is 1. The summed E-state index contributed by atoms with van der Waals surface area (Å²) >= 11 is 1.50. The van der Waals surface area contributed by atoms with Gasteiger partial charge in [-0.05, 0) is 73.9 Å². The van der Waals surface area contributed by atoms with Crippen LogP contribution in [0.5, 0.6) is 5.75 Å². The molecule has 0 bridgehead atoms. The molecule has 0 spiro atoms. The van der Waals surface area contributed by atoms with E-state index in [4.69, 9.17) is 9.72 Å². The summed E-state index contributed by atoms with van der Waals surface area (Å²) in [7, 11) is 1.66. The molecule has 0 aliphatic heterocycles. The van der Waals surface area contributed by atoms with Gasteiger partial charge in [-0.3, -0.25) is 9.36 Å². The number of nitrogens with zero attached hydrogens (tertiary/aromatic N) is 2. The van der Waals surface area contributed by atoms with Gasteiger partial charge in [0, 0.05) is 11.7 Å². The van der Waals surface area contributed by atoms with Crippen LogP contribution in [0.1, 0.15) is 25.7 Å². The Bertz CT molecular complexity index is 1010. The molecule has 1 N–H and O–H groups in total. The molecule has 2 aliphatic rings. The number of ether oxygens (including phenoxy) is 1. The standard InChI is InChI=1S/C23H25N3O2S/c1-28-18-12-10-17(11-13-18)26-20-5-3-2-4-19(20)24-23(26)29-14-21(27)25-22(15-6-7-15)16-8-9-16/h2-5,10-13,15-16,22H,6-9,14H2,1H3,(H,25,27). The number of amides is 1. The van der Waals surface area contributed by atoms with Crippen LogP contribution in [0.4, 0.5) is 0 Å². The predicted octanol–water partition coefficient (Wildman–Crippen LogP) is 4.43. The third-order valence-electron chi connectivity index (χ3n) is 5.78. The highest BCUT2D eigenvalue weighted by Gasteiger charge is 2.42. The summed E-state index contributed by atoms with van der Waals surface area (Å²) in [6.45, 7) is 0. The number of hydrogen-bond acceptors (Lipinski definition) is 4. The first-order valence-corrected chi connectivity index (χ1v) is 11.3. The highest BCUT2D eigenvalue weighted by Crippen LogP contribution is 2.44. The fraction of sp³-hybridized carbons (Fsp3) is 0.391. The van der Waals surface area contributed by atoms with Crippen LogP contribution < -0.4 is 10.1 Å². The van der Waals surface area contributed by atoms with E-state index in [1.807, 2.05) is 42.5 Å². The number of hydrogen-bond donors (Lipinski definition) is 1. The molecule has 2 saturated carbocycles. The summed E-state index contributed by atoms with van der Waals surface area (Å²) in [5.41, 5.74) is 2.98. The molecule has 2 fully saturated rings. The quantitative estimate of drug-likeness (QED) is 0.561. The van der Waals surface area contributed by atoms with E-state index in [0.29, 0.717) is 23.6 Å². The molecule has 0 radical (unpaired) electrons. The lowest BCUT2D eigenvalue weighted by Gasteiger charge is -2.17. The maximum Gasteiger partial charge on any atom is 0.230 e. The van der Waals surface area contributed by atoms with Crippen molar-refractivity contribution in [1.82, 2.24) is 14.9 Å². The van der Waals surface area contributed by atoms with Crippen LogP contribution in [-0.4, -0.2) is 34.4 Å². The summed E-state index contributed by atoms with van der Waals surface area (Å²) in [4.78, 5) is 17.4. The van der Waals surface area contributed by atoms with Crippen molar-refractivity contribution in [2.45, 2.75) is 36.9 Å². The Hall–Kier alpha value is -2.47. The Morgan fingerprint density at radius 3 is 2.48 bits per heavy atom. The van der Waals surface area contributed by atoms with Gasteiger partial charge in [0.05, 0.1) is 23.9 Å². The Kier molecular flexibility index (Phi) is 4.96. The molecule has 2 aromatic carbocycles. The number of benzene rings is 2. The maximum atomic E-state index is 12.7. The van der Waals surface area contributed by atoms with Crippen molar-refractivity contribution in [3.8, 4) is 11.4 Å². The number of fused-ring (bicyclic) bond motifs is 1. The summed E-state index contributed by atoms with van der Waals surface area (Å²) in [5.74, 6) is 2.74. The monoisotopic (exact) mass is 407 g/mol. The lowest BCUT2D eigenvalue weighted by Crippen LogP contribution is -2.39. The maximum absolute atomic E-state index is 12.7. The van der Waals surface area contributed by atoms with Crippen LogP contribution in [0.3, 0.4) is 0 Å². The predicted molar refractivity (Wildman–Crippen MR) is 116 cm³/mol. The number of carbonyl (C=O) groups excluding carboxylic acids is 1. The number of para-hydroxylation sites is 2. The molecule has 0 unspecified atom stereocenters. The minimum atomic E-state index is 0.118. The molecule has 3 aromatic rings. The summed E-state index contributed by atoms with van der Waals surface area (Å²) in [6, 6.07) is 16.4. The smallest absolute Gasteiger partial charge is 0.230 e. The second kappa shape index (κ2) is 7.75. The van der Waals surface area contributed by atoms with Crippen molar-refractivity contribution in [3.63, 3.8) is 0 Å². The third-order valence-corrected chi connectivity index (χ3v) is 6.72. The molecule has 29 heavy (non-hydrogen) atoms. The summed E-state index contributed by atoms with van der Waals surface area (Å²) in [5, 5.41) is 4.14. The number of methoxy groups -OCH3 is 1. The molecule has 2 aliphatic carbocycles. The largest absolute Gasteiger partial charge is 0.497 e. The number of thioether (sulfide) groups is 1. The van der Waals surface area contributed by atoms with E-state index in [0.717, 1.165) is 27.6 Å². The molecular formula is C23H25N3O2S. The van der Waals surface area contributed by atoms with Gasteiger partial charge in [-0.2, -0.15) is 0 Å². The number of imidazole rings is 1. The van der Waals surface area contributed by atoms with E-state index >= 15 is 0 Å². The van der Waals surface area contributed by atoms with E-state index in [1.165, 1.54) is 37.4 Å². The van der Waals surface area contributed by atoms with Gasteiger partial charge >= 0.3 is 0 Å². The van der Waals surface area contributed by atoms with Gasteiger partial charge in [0.15, 0.2) is 5.16 Å². The SMILES string of the molecule is COc1ccc(-n2c(SCC(=O)NC(C3CC3)C3CC3)nc3ccccc32)cc1. The van der Waals surface area contributed by atoms with Crippen LogP contribution in [0.25, 0.3) is 16.7 Å². The minimum absolute atomic E-state index is 0.118. The van der Waals surface area contributed by atoms with Crippen molar-refractivity contribution >= 4 is 28.7 Å². The van der Waals surface area contributed by atoms with E-state index in [-0.39, 0.29) is 5.91 Å². The highest BCUT2D eigenvalue weighted by molar-refractivity contribution is 7.99. The molecule has 1 heterocycles. The topological polar surface area (TPSA) is 56.1 Å². The van der Waals surface area contributed by atoms with Gasteiger partial charge < -0.3 is 10.1 Å². The van der Waals surface area contributed by atoms with Crippen molar-refractivity contribution in [2.75, 3.05) is 12.9 Å². The molecule has 0 saturated heterocycles. The van der Waals surface area contributed by atoms with E-state index in [2.05, 4.69) is 16.0 Å². The fourth-order valence-electron chi connectivity index (χ4n) is 3.97. The van der Waals surface area contributed by atoms with E-state index < -0.39 is 0 Å². The van der Waals surface area contributed by atoms with Gasteiger partial charge in [0.1, 0.15) is 5.75 Å². The molecule has 6 heteroatoms. The summed E-state index contributed by atoms with van der Waals surface area (Å²) in [6.07, 6.45) is 5.06. The molecule has 0 atom stereocenters. The lowest BCUT2D eigenvalue weighted by molar-refractivity contribution is -0.119. The van der Waals surface area contributed by atoms with Gasteiger partial charge in [0.25, 0.3) is 0 Å². The molecule has 5 nitrogen and oxygen atoms in total. The van der Waals surface area contributed by atoms with Crippen molar-refractivity contribution in [3.05, 3.63) is 48.5 Å². The van der Waals surface area contributed by atoms with E-state index in [9.17, 15) is 4.79 Å². The zero-order valence-corrected chi connectivity index (χ0v) is 17.3. The average molecular weight is 408 g/mol. The van der Waals surface area contributed by atoms with Crippen molar-refractivity contribution in [1.29, 1.82) is 0 Å². The van der Waals surface area contributed by atoms with Gasteiger partial charge in [-0.25, -0.2) is 4.98 Å². The Labute approximate surface area is 174 Å². The second-order valence-corrected chi connectivity index (χ2v) is 8.92. The fourth-order valence-corrected chi connectivity index (χ4v) is 4.81. The van der Waals surface area contributed by atoms with Crippen LogP contribution in [0, 0.1) is 11.8 Å². The summed E-state index contributed by atoms with van der Waals surface area (Å²) < 4.78 is 7.40. The zero-order chi connectivity index (χ0) is 19.8. The first-order valence-electron chi connectivity index (χ1n) is 10.3. The van der Waals surface area contributed by atoms with Crippen LogP contribution in [0.2, 0.25) is 0 Å². The molecule has 1 amide bonds. The zero-order valence-electron chi connectivity index (χ0n) is 16.5. The second-order valence-electron chi connectivity index (χ2n) is 7.97. The van der Waals surface area contributed by atoms with Gasteiger partial charge in [-0.15, -0.1) is 0 Å². The Balaban J connectivity index is 1.36. The average Bonchev–Trinajstić information content (AvgIpc) is 3.67.